The number of nitrogens with one attached hydrogen (secondary N) is 1. The maximum atomic E-state index is 13.0. The molecule has 0 spiro atoms. The standard InChI is InChI=1S/C11H7BrClFN2O2S/c12-10-2-1-8(4-11(10)13)16-19(17,18)9-3-7(14)5-15-6-9/h1-6,16H. The number of hydrogen-bond donors (Lipinski definition) is 1. The Hall–Kier alpha value is -1.18. The first kappa shape index (κ1) is 14.2. The van der Waals surface area contributed by atoms with Crippen molar-refractivity contribution in [2.45, 2.75) is 4.90 Å². The third-order valence-corrected chi connectivity index (χ3v) is 4.74. The van der Waals surface area contributed by atoms with Crippen LogP contribution < -0.4 is 4.72 Å². The van der Waals surface area contributed by atoms with Gasteiger partial charge in [0, 0.05) is 10.7 Å². The van der Waals surface area contributed by atoms with Crippen molar-refractivity contribution in [1.29, 1.82) is 0 Å². The van der Waals surface area contributed by atoms with E-state index in [0.717, 1.165) is 18.5 Å². The normalized spacial score (nSPS) is 11.3. The van der Waals surface area contributed by atoms with Crippen LogP contribution in [-0.4, -0.2) is 13.4 Å². The van der Waals surface area contributed by atoms with Crippen LogP contribution in [0, 0.1) is 5.82 Å². The highest BCUT2D eigenvalue weighted by molar-refractivity contribution is 9.10. The van der Waals surface area contributed by atoms with E-state index in [1.54, 1.807) is 6.07 Å². The van der Waals surface area contributed by atoms with Crippen molar-refractivity contribution < 1.29 is 12.8 Å². The molecule has 8 heteroatoms. The molecule has 1 heterocycles. The van der Waals surface area contributed by atoms with Crippen LogP contribution in [0.2, 0.25) is 5.02 Å². The second kappa shape index (κ2) is 5.44. The molecule has 100 valence electrons. The molecule has 0 aliphatic rings. The molecular weight excluding hydrogens is 359 g/mol. The lowest BCUT2D eigenvalue weighted by Gasteiger charge is -2.08. The van der Waals surface area contributed by atoms with Gasteiger partial charge in [0.25, 0.3) is 10.0 Å². The third kappa shape index (κ3) is 3.43. The van der Waals surface area contributed by atoms with Crippen LogP contribution in [-0.2, 0) is 10.0 Å². The van der Waals surface area contributed by atoms with E-state index in [2.05, 4.69) is 25.6 Å². The van der Waals surface area contributed by atoms with E-state index in [1.165, 1.54) is 12.1 Å². The predicted molar refractivity (Wildman–Crippen MR) is 74.2 cm³/mol. The van der Waals surface area contributed by atoms with E-state index < -0.39 is 15.8 Å². The predicted octanol–water partition coefficient (Wildman–Crippen LogP) is 3.44. The molecule has 0 unspecified atom stereocenters. The molecule has 1 aromatic heterocycles. The molecule has 0 atom stereocenters. The van der Waals surface area contributed by atoms with Gasteiger partial charge in [-0.25, -0.2) is 12.8 Å². The van der Waals surface area contributed by atoms with Gasteiger partial charge in [0.1, 0.15) is 10.7 Å². The van der Waals surface area contributed by atoms with E-state index in [1.807, 2.05) is 0 Å². The molecule has 0 radical (unpaired) electrons. The number of benzene rings is 1. The van der Waals surface area contributed by atoms with Gasteiger partial charge in [0.2, 0.25) is 0 Å². The van der Waals surface area contributed by atoms with E-state index in [9.17, 15) is 12.8 Å². The summed E-state index contributed by atoms with van der Waals surface area (Å²) >= 11 is 9.05. The molecule has 2 rings (SSSR count). The summed E-state index contributed by atoms with van der Waals surface area (Å²) in [6, 6.07) is 5.45. The summed E-state index contributed by atoms with van der Waals surface area (Å²) in [6.07, 6.45) is 1.99. The first-order valence-corrected chi connectivity index (χ1v) is 7.62. The SMILES string of the molecule is O=S(=O)(Nc1ccc(Br)c(Cl)c1)c1cncc(F)c1. The molecule has 1 N–H and O–H groups in total. The Balaban J connectivity index is 2.33. The fourth-order valence-electron chi connectivity index (χ4n) is 1.31. The number of hydrogen-bond acceptors (Lipinski definition) is 3. The van der Waals surface area contributed by atoms with Crippen molar-refractivity contribution in [2.75, 3.05) is 4.72 Å². The molecule has 0 saturated heterocycles. The molecule has 0 fully saturated rings. The molecule has 0 saturated carbocycles. The summed E-state index contributed by atoms with van der Waals surface area (Å²) in [7, 11) is -3.89. The summed E-state index contributed by atoms with van der Waals surface area (Å²) < 4.78 is 39.9. The monoisotopic (exact) mass is 364 g/mol. The lowest BCUT2D eigenvalue weighted by molar-refractivity contribution is 0.592. The summed E-state index contributed by atoms with van der Waals surface area (Å²) in [5.74, 6) is -0.725. The first-order chi connectivity index (χ1) is 8.88. The highest BCUT2D eigenvalue weighted by atomic mass is 79.9. The second-order valence-corrected chi connectivity index (χ2v) is 6.52. The van der Waals surface area contributed by atoms with Gasteiger partial charge in [-0.1, -0.05) is 11.6 Å². The Labute approximate surface area is 122 Å². The van der Waals surface area contributed by atoms with Crippen LogP contribution in [0.25, 0.3) is 0 Å². The van der Waals surface area contributed by atoms with Gasteiger partial charge in [-0.15, -0.1) is 0 Å². The van der Waals surface area contributed by atoms with Gasteiger partial charge >= 0.3 is 0 Å². The number of nitrogens with zero attached hydrogens (tertiary/aromatic N) is 1. The molecule has 0 amide bonds. The zero-order valence-corrected chi connectivity index (χ0v) is 12.4. The molecule has 19 heavy (non-hydrogen) atoms. The highest BCUT2D eigenvalue weighted by Crippen LogP contribution is 2.26. The topological polar surface area (TPSA) is 59.1 Å². The second-order valence-electron chi connectivity index (χ2n) is 3.57. The summed E-state index contributed by atoms with van der Waals surface area (Å²) in [5, 5.41) is 0.359. The minimum atomic E-state index is -3.89. The van der Waals surface area contributed by atoms with E-state index in [-0.39, 0.29) is 10.6 Å². The average molecular weight is 366 g/mol. The quantitative estimate of drug-likeness (QED) is 0.906. The van der Waals surface area contributed by atoms with E-state index in [0.29, 0.717) is 9.50 Å². The Morgan fingerprint density at radius 1 is 1.26 bits per heavy atom. The fourth-order valence-corrected chi connectivity index (χ4v) is 2.76. The van der Waals surface area contributed by atoms with Gasteiger partial charge < -0.3 is 0 Å². The molecule has 0 aliphatic carbocycles. The molecule has 1 aromatic carbocycles. The zero-order valence-electron chi connectivity index (χ0n) is 9.27. The smallest absolute Gasteiger partial charge is 0.263 e. The molecule has 0 aliphatic heterocycles. The van der Waals surface area contributed by atoms with E-state index in [4.69, 9.17) is 11.6 Å². The molecule has 0 bridgehead atoms. The van der Waals surface area contributed by atoms with Crippen molar-refractivity contribution in [3.63, 3.8) is 0 Å². The van der Waals surface area contributed by atoms with Crippen LogP contribution in [0.15, 0.2) is 46.0 Å². The number of rotatable bonds is 3. The lowest BCUT2D eigenvalue weighted by atomic mass is 10.3. The molecule has 2 aromatic rings. The summed E-state index contributed by atoms with van der Waals surface area (Å²) in [4.78, 5) is 3.24. The average Bonchev–Trinajstić information content (AvgIpc) is 2.33. The van der Waals surface area contributed by atoms with E-state index >= 15 is 0 Å². The first-order valence-electron chi connectivity index (χ1n) is 4.97. The third-order valence-electron chi connectivity index (χ3n) is 2.16. The number of aromatic nitrogens is 1. The van der Waals surface area contributed by atoms with Crippen molar-refractivity contribution in [3.8, 4) is 0 Å². The summed E-state index contributed by atoms with van der Waals surface area (Å²) in [5.41, 5.74) is 0.275. The van der Waals surface area contributed by atoms with Crippen molar-refractivity contribution in [1.82, 2.24) is 4.98 Å². The Kier molecular flexibility index (Phi) is 4.07. The largest absolute Gasteiger partial charge is 0.280 e. The number of halogens is 3. The van der Waals surface area contributed by atoms with Crippen molar-refractivity contribution in [2.24, 2.45) is 0 Å². The van der Waals surface area contributed by atoms with Gasteiger partial charge in [-0.05, 0) is 40.2 Å². The van der Waals surface area contributed by atoms with Crippen molar-refractivity contribution in [3.05, 3.63) is 52.0 Å². The fraction of sp³-hybridized carbons (Fsp3) is 0. The Morgan fingerprint density at radius 3 is 2.63 bits per heavy atom. The highest BCUT2D eigenvalue weighted by Gasteiger charge is 2.15. The lowest BCUT2D eigenvalue weighted by Crippen LogP contribution is -2.13. The van der Waals surface area contributed by atoms with Crippen molar-refractivity contribution >= 4 is 43.2 Å². The Morgan fingerprint density at radius 2 is 2.00 bits per heavy atom. The van der Waals surface area contributed by atoms with Crippen LogP contribution in [0.4, 0.5) is 10.1 Å². The zero-order chi connectivity index (χ0) is 14.0. The van der Waals surface area contributed by atoms with Gasteiger partial charge in [0.15, 0.2) is 0 Å². The minimum absolute atomic E-state index is 0.258. The number of sulfonamides is 1. The van der Waals surface area contributed by atoms with Crippen LogP contribution >= 0.6 is 27.5 Å². The van der Waals surface area contributed by atoms with Crippen LogP contribution in [0.3, 0.4) is 0 Å². The Bertz CT molecular complexity index is 724. The van der Waals surface area contributed by atoms with Gasteiger partial charge in [-0.3, -0.25) is 9.71 Å². The minimum Gasteiger partial charge on any atom is -0.280 e. The van der Waals surface area contributed by atoms with Gasteiger partial charge in [-0.2, -0.15) is 0 Å². The molecular formula is C11H7BrClFN2O2S. The molecule has 4 nitrogen and oxygen atoms in total. The summed E-state index contributed by atoms with van der Waals surface area (Å²) in [6.45, 7) is 0. The van der Waals surface area contributed by atoms with Crippen LogP contribution in [0.1, 0.15) is 0 Å². The maximum absolute atomic E-state index is 13.0. The number of pyridine rings is 1. The van der Waals surface area contributed by atoms with Gasteiger partial charge in [0.05, 0.1) is 16.9 Å². The van der Waals surface area contributed by atoms with Crippen LogP contribution in [0.5, 0.6) is 0 Å². The maximum Gasteiger partial charge on any atom is 0.263 e. The number of anilines is 1.